The lowest BCUT2D eigenvalue weighted by atomic mass is 10.1. The Hall–Kier alpha value is -3.18. The first-order valence-corrected chi connectivity index (χ1v) is 9.09. The number of rotatable bonds is 3. The van der Waals surface area contributed by atoms with Gasteiger partial charge in [-0.15, -0.1) is 0 Å². The Morgan fingerprint density at radius 1 is 0.964 bits per heavy atom. The lowest BCUT2D eigenvalue weighted by molar-refractivity contribution is 0.626. The topological polar surface area (TPSA) is 44.0 Å². The molecule has 1 heterocycles. The molecule has 0 atom stereocenters. The fraction of sp³-hybridized carbons (Fsp3) is 0.0909. The van der Waals surface area contributed by atoms with Crippen LogP contribution in [0.3, 0.4) is 0 Å². The summed E-state index contributed by atoms with van der Waals surface area (Å²) in [6.45, 7) is 1.96. The maximum atomic E-state index is 13.4. The normalized spacial score (nSPS) is 11.1. The zero-order valence-corrected chi connectivity index (χ0v) is 15.8. The van der Waals surface area contributed by atoms with Gasteiger partial charge in [-0.25, -0.2) is 13.8 Å². The van der Waals surface area contributed by atoms with Gasteiger partial charge in [0, 0.05) is 5.02 Å². The van der Waals surface area contributed by atoms with Crippen molar-refractivity contribution in [1.82, 2.24) is 9.13 Å². The molecule has 4 aromatic rings. The van der Waals surface area contributed by atoms with Crippen molar-refractivity contribution >= 4 is 22.5 Å². The predicted octanol–water partition coefficient (Wildman–Crippen LogP) is 4.30. The van der Waals surface area contributed by atoms with Gasteiger partial charge in [-0.2, -0.15) is 0 Å². The van der Waals surface area contributed by atoms with Crippen LogP contribution in [-0.4, -0.2) is 9.13 Å². The van der Waals surface area contributed by atoms with Crippen molar-refractivity contribution in [2.45, 2.75) is 13.5 Å². The van der Waals surface area contributed by atoms with Crippen molar-refractivity contribution in [3.8, 4) is 5.69 Å². The molecule has 4 rings (SSSR count). The predicted molar refractivity (Wildman–Crippen MR) is 109 cm³/mol. The van der Waals surface area contributed by atoms with Gasteiger partial charge in [0.05, 0.1) is 23.1 Å². The fourth-order valence-electron chi connectivity index (χ4n) is 3.32. The molecule has 28 heavy (non-hydrogen) atoms. The molecule has 0 unspecified atom stereocenters. The Labute approximate surface area is 165 Å². The van der Waals surface area contributed by atoms with E-state index in [1.807, 2.05) is 19.1 Å². The molecule has 140 valence electrons. The van der Waals surface area contributed by atoms with E-state index in [0.717, 1.165) is 5.56 Å². The van der Waals surface area contributed by atoms with E-state index in [0.29, 0.717) is 22.2 Å². The van der Waals surface area contributed by atoms with E-state index in [-0.39, 0.29) is 17.1 Å². The molecule has 0 N–H and O–H groups in total. The monoisotopic (exact) mass is 394 g/mol. The molecule has 0 aliphatic heterocycles. The SMILES string of the molecule is Cc1ccccc1-n1c(=O)c2ccccc2n(Cc2ccc(F)cc2Cl)c1=O. The van der Waals surface area contributed by atoms with Crippen LogP contribution in [0.2, 0.25) is 5.02 Å². The van der Waals surface area contributed by atoms with Crippen molar-refractivity contribution in [2.75, 3.05) is 0 Å². The first-order chi connectivity index (χ1) is 13.5. The standard InChI is InChI=1S/C22H16ClFN2O2/c1-14-6-2-4-8-19(14)26-21(27)17-7-3-5-9-20(17)25(22(26)28)13-15-10-11-16(24)12-18(15)23/h2-12H,13H2,1H3. The van der Waals surface area contributed by atoms with E-state index in [4.69, 9.17) is 11.6 Å². The minimum atomic E-state index is -0.474. The second kappa shape index (κ2) is 7.09. The van der Waals surface area contributed by atoms with Crippen molar-refractivity contribution in [3.63, 3.8) is 0 Å². The third-order valence-electron chi connectivity index (χ3n) is 4.75. The first kappa shape index (κ1) is 18.2. The van der Waals surface area contributed by atoms with Crippen molar-refractivity contribution in [1.29, 1.82) is 0 Å². The highest BCUT2D eigenvalue weighted by Gasteiger charge is 2.16. The number of aromatic nitrogens is 2. The Morgan fingerprint density at radius 3 is 2.43 bits per heavy atom. The van der Waals surface area contributed by atoms with Crippen molar-refractivity contribution in [3.05, 3.63) is 110 Å². The summed E-state index contributed by atoms with van der Waals surface area (Å²) in [6, 6.07) is 18.2. The van der Waals surface area contributed by atoms with Gasteiger partial charge in [-0.05, 0) is 48.4 Å². The molecule has 0 aliphatic carbocycles. The number of hydrogen-bond donors (Lipinski definition) is 0. The maximum absolute atomic E-state index is 13.4. The first-order valence-electron chi connectivity index (χ1n) is 8.72. The van der Waals surface area contributed by atoms with Gasteiger partial charge in [-0.1, -0.05) is 48.0 Å². The average molecular weight is 395 g/mol. The molecule has 0 radical (unpaired) electrons. The highest BCUT2D eigenvalue weighted by Crippen LogP contribution is 2.20. The Kier molecular flexibility index (Phi) is 4.61. The number of benzene rings is 3. The molecule has 1 aromatic heterocycles. The van der Waals surface area contributed by atoms with Gasteiger partial charge in [0.1, 0.15) is 5.82 Å². The molecule has 0 amide bonds. The van der Waals surface area contributed by atoms with Crippen molar-refractivity contribution in [2.24, 2.45) is 0 Å². The van der Waals surface area contributed by atoms with E-state index < -0.39 is 11.5 Å². The molecule has 0 aliphatic rings. The van der Waals surface area contributed by atoms with Crippen LogP contribution in [0.5, 0.6) is 0 Å². The van der Waals surface area contributed by atoms with Crippen LogP contribution in [0.25, 0.3) is 16.6 Å². The zero-order chi connectivity index (χ0) is 19.8. The van der Waals surface area contributed by atoms with Gasteiger partial charge >= 0.3 is 5.69 Å². The van der Waals surface area contributed by atoms with Crippen LogP contribution in [0.15, 0.2) is 76.3 Å². The summed E-state index contributed by atoms with van der Waals surface area (Å²) in [5, 5.41) is 0.646. The third kappa shape index (κ3) is 3.04. The molecule has 6 heteroatoms. The third-order valence-corrected chi connectivity index (χ3v) is 5.10. The van der Waals surface area contributed by atoms with E-state index in [1.54, 1.807) is 42.5 Å². The lowest BCUT2D eigenvalue weighted by Crippen LogP contribution is -2.39. The van der Waals surface area contributed by atoms with Gasteiger partial charge in [-0.3, -0.25) is 9.36 Å². The van der Waals surface area contributed by atoms with E-state index in [1.165, 1.54) is 21.3 Å². The van der Waals surface area contributed by atoms with Crippen LogP contribution >= 0.6 is 11.6 Å². The van der Waals surface area contributed by atoms with Crippen LogP contribution in [-0.2, 0) is 6.54 Å². The lowest BCUT2D eigenvalue weighted by Gasteiger charge is -2.16. The van der Waals surface area contributed by atoms with Crippen LogP contribution in [0.1, 0.15) is 11.1 Å². The molecule has 3 aromatic carbocycles. The molecule has 4 nitrogen and oxygen atoms in total. The minimum Gasteiger partial charge on any atom is -0.288 e. The number of nitrogens with zero attached hydrogens (tertiary/aromatic N) is 2. The van der Waals surface area contributed by atoms with Gasteiger partial charge in [0.15, 0.2) is 0 Å². The maximum Gasteiger partial charge on any atom is 0.336 e. The largest absolute Gasteiger partial charge is 0.336 e. The molecule has 0 spiro atoms. The van der Waals surface area contributed by atoms with Gasteiger partial charge < -0.3 is 0 Å². The molecule has 0 bridgehead atoms. The van der Waals surface area contributed by atoms with E-state index >= 15 is 0 Å². The smallest absolute Gasteiger partial charge is 0.288 e. The summed E-state index contributed by atoms with van der Waals surface area (Å²) >= 11 is 6.17. The molecule has 0 saturated carbocycles. The summed E-state index contributed by atoms with van der Waals surface area (Å²) in [5.41, 5.74) is 1.58. The number of fused-ring (bicyclic) bond motifs is 1. The minimum absolute atomic E-state index is 0.116. The summed E-state index contributed by atoms with van der Waals surface area (Å²) < 4.78 is 16.1. The number of aryl methyl sites for hydroxylation is 1. The van der Waals surface area contributed by atoms with Gasteiger partial charge in [0.25, 0.3) is 5.56 Å². The van der Waals surface area contributed by atoms with Crippen LogP contribution in [0.4, 0.5) is 4.39 Å². The van der Waals surface area contributed by atoms with Crippen LogP contribution < -0.4 is 11.2 Å². The number of halogens is 2. The quantitative estimate of drug-likeness (QED) is 0.520. The van der Waals surface area contributed by atoms with E-state index in [9.17, 15) is 14.0 Å². The van der Waals surface area contributed by atoms with Crippen molar-refractivity contribution < 1.29 is 4.39 Å². The summed E-state index contributed by atoms with van der Waals surface area (Å²) in [4.78, 5) is 26.4. The molecule has 0 fully saturated rings. The fourth-order valence-corrected chi connectivity index (χ4v) is 3.55. The number of para-hydroxylation sites is 2. The highest BCUT2D eigenvalue weighted by molar-refractivity contribution is 6.31. The van der Waals surface area contributed by atoms with Crippen LogP contribution in [0, 0.1) is 12.7 Å². The van der Waals surface area contributed by atoms with E-state index in [2.05, 4.69) is 0 Å². The Bertz CT molecular complexity index is 1320. The Balaban J connectivity index is 2.05. The summed E-state index contributed by atoms with van der Waals surface area (Å²) in [7, 11) is 0. The zero-order valence-electron chi connectivity index (χ0n) is 15.0. The highest BCUT2D eigenvalue weighted by atomic mass is 35.5. The molecular formula is C22H16ClFN2O2. The molecule has 0 saturated heterocycles. The number of hydrogen-bond acceptors (Lipinski definition) is 2. The second-order valence-corrected chi connectivity index (χ2v) is 6.96. The summed E-state index contributed by atoms with van der Waals surface area (Å²) in [6.07, 6.45) is 0. The molecular weight excluding hydrogens is 379 g/mol. The second-order valence-electron chi connectivity index (χ2n) is 6.55. The summed E-state index contributed by atoms with van der Waals surface area (Å²) in [5.74, 6) is -0.448. The van der Waals surface area contributed by atoms with Gasteiger partial charge in [0.2, 0.25) is 0 Å². The Morgan fingerprint density at radius 2 is 1.68 bits per heavy atom. The average Bonchev–Trinajstić information content (AvgIpc) is 2.68.